The van der Waals surface area contributed by atoms with Crippen LogP contribution in [0.1, 0.15) is 44.7 Å². The van der Waals surface area contributed by atoms with Gasteiger partial charge in [0, 0.05) is 25.3 Å². The molecular formula is C16H27N3. The van der Waals surface area contributed by atoms with Gasteiger partial charge in [-0.05, 0) is 37.4 Å². The van der Waals surface area contributed by atoms with Gasteiger partial charge in [0.05, 0.1) is 5.69 Å². The number of hydrogen-bond acceptors (Lipinski definition) is 3. The highest BCUT2D eigenvalue weighted by Crippen LogP contribution is 2.29. The van der Waals surface area contributed by atoms with E-state index in [0.29, 0.717) is 6.04 Å². The minimum atomic E-state index is 0.521. The average molecular weight is 261 g/mol. The van der Waals surface area contributed by atoms with Gasteiger partial charge in [0.1, 0.15) is 0 Å². The number of hydrogen-bond donors (Lipinski definition) is 1. The van der Waals surface area contributed by atoms with E-state index in [4.69, 9.17) is 5.73 Å². The summed E-state index contributed by atoms with van der Waals surface area (Å²) in [6, 6.07) is 6.67. The third kappa shape index (κ3) is 4.02. The highest BCUT2D eigenvalue weighted by molar-refractivity contribution is 5.03. The van der Waals surface area contributed by atoms with E-state index in [2.05, 4.69) is 28.9 Å². The highest BCUT2D eigenvalue weighted by atomic mass is 15.2. The van der Waals surface area contributed by atoms with Crippen LogP contribution in [0.4, 0.5) is 0 Å². The number of nitrogens with zero attached hydrogens (tertiary/aromatic N) is 2. The van der Waals surface area contributed by atoms with Crippen molar-refractivity contribution in [1.29, 1.82) is 0 Å². The van der Waals surface area contributed by atoms with Crippen molar-refractivity contribution in [3.8, 4) is 0 Å². The normalized spacial score (nSPS) is 18.7. The SMILES string of the molecule is CCN(Cc1ccccn1)C(CN)C1CCCCC1. The van der Waals surface area contributed by atoms with Gasteiger partial charge < -0.3 is 5.73 Å². The second kappa shape index (κ2) is 7.61. The predicted molar refractivity (Wildman–Crippen MR) is 79.7 cm³/mol. The number of rotatable bonds is 6. The molecular weight excluding hydrogens is 234 g/mol. The van der Waals surface area contributed by atoms with Crippen LogP contribution in [0.2, 0.25) is 0 Å². The topological polar surface area (TPSA) is 42.2 Å². The zero-order chi connectivity index (χ0) is 13.5. The van der Waals surface area contributed by atoms with Gasteiger partial charge >= 0.3 is 0 Å². The molecule has 1 aliphatic carbocycles. The van der Waals surface area contributed by atoms with Crippen molar-refractivity contribution in [3.63, 3.8) is 0 Å². The lowest BCUT2D eigenvalue weighted by molar-refractivity contribution is 0.119. The van der Waals surface area contributed by atoms with Crippen molar-refractivity contribution >= 4 is 0 Å². The van der Waals surface area contributed by atoms with E-state index in [9.17, 15) is 0 Å². The second-order valence-electron chi connectivity index (χ2n) is 5.59. The van der Waals surface area contributed by atoms with Crippen LogP contribution in [0.25, 0.3) is 0 Å². The molecule has 1 aliphatic rings. The van der Waals surface area contributed by atoms with E-state index in [1.165, 1.54) is 32.1 Å². The molecule has 3 nitrogen and oxygen atoms in total. The van der Waals surface area contributed by atoms with Gasteiger partial charge in [-0.3, -0.25) is 9.88 Å². The summed E-state index contributed by atoms with van der Waals surface area (Å²) in [5.74, 6) is 0.780. The summed E-state index contributed by atoms with van der Waals surface area (Å²) in [5.41, 5.74) is 7.22. The molecule has 0 aromatic carbocycles. The van der Waals surface area contributed by atoms with Gasteiger partial charge in [-0.1, -0.05) is 32.3 Å². The first-order chi connectivity index (χ1) is 9.35. The predicted octanol–water partition coefficient (Wildman–Crippen LogP) is 2.81. The molecule has 0 bridgehead atoms. The van der Waals surface area contributed by atoms with Crippen molar-refractivity contribution in [2.24, 2.45) is 11.7 Å². The van der Waals surface area contributed by atoms with Crippen molar-refractivity contribution in [2.45, 2.75) is 51.6 Å². The summed E-state index contributed by atoms with van der Waals surface area (Å²) in [6.45, 7) is 4.98. The Balaban J connectivity index is 2.01. The summed E-state index contributed by atoms with van der Waals surface area (Å²) in [5, 5.41) is 0. The summed E-state index contributed by atoms with van der Waals surface area (Å²) in [6.07, 6.45) is 8.73. The summed E-state index contributed by atoms with van der Waals surface area (Å²) < 4.78 is 0. The van der Waals surface area contributed by atoms with Gasteiger partial charge in [-0.15, -0.1) is 0 Å². The fourth-order valence-corrected chi connectivity index (χ4v) is 3.32. The lowest BCUT2D eigenvalue weighted by Gasteiger charge is -2.37. The van der Waals surface area contributed by atoms with E-state index in [1.54, 1.807) is 0 Å². The zero-order valence-electron chi connectivity index (χ0n) is 12.1. The van der Waals surface area contributed by atoms with Crippen molar-refractivity contribution in [2.75, 3.05) is 13.1 Å². The molecule has 0 spiro atoms. The van der Waals surface area contributed by atoms with E-state index >= 15 is 0 Å². The molecule has 19 heavy (non-hydrogen) atoms. The lowest BCUT2D eigenvalue weighted by Crippen LogP contribution is -2.45. The Morgan fingerprint density at radius 2 is 2.11 bits per heavy atom. The van der Waals surface area contributed by atoms with E-state index in [0.717, 1.165) is 31.2 Å². The van der Waals surface area contributed by atoms with Crippen LogP contribution >= 0.6 is 0 Å². The number of likely N-dealkylation sites (N-methyl/N-ethyl adjacent to an activating group) is 1. The first-order valence-corrected chi connectivity index (χ1v) is 7.69. The van der Waals surface area contributed by atoms with Crippen LogP contribution in [-0.2, 0) is 6.54 Å². The molecule has 1 aromatic rings. The number of aromatic nitrogens is 1. The molecule has 1 heterocycles. The molecule has 2 rings (SSSR count). The Morgan fingerprint density at radius 3 is 2.68 bits per heavy atom. The maximum Gasteiger partial charge on any atom is 0.0544 e. The average Bonchev–Trinajstić information content (AvgIpc) is 2.49. The first-order valence-electron chi connectivity index (χ1n) is 7.69. The Labute approximate surface area is 117 Å². The number of nitrogens with two attached hydrogens (primary N) is 1. The third-order valence-corrected chi connectivity index (χ3v) is 4.40. The molecule has 106 valence electrons. The van der Waals surface area contributed by atoms with Crippen LogP contribution in [0.3, 0.4) is 0 Å². The van der Waals surface area contributed by atoms with Crippen LogP contribution < -0.4 is 5.73 Å². The highest BCUT2D eigenvalue weighted by Gasteiger charge is 2.27. The second-order valence-corrected chi connectivity index (χ2v) is 5.59. The molecule has 0 radical (unpaired) electrons. The van der Waals surface area contributed by atoms with Gasteiger partial charge in [0.25, 0.3) is 0 Å². The van der Waals surface area contributed by atoms with E-state index in [-0.39, 0.29) is 0 Å². The smallest absolute Gasteiger partial charge is 0.0544 e. The van der Waals surface area contributed by atoms with Gasteiger partial charge in [0.2, 0.25) is 0 Å². The summed E-state index contributed by atoms with van der Waals surface area (Å²) >= 11 is 0. The minimum absolute atomic E-state index is 0.521. The lowest BCUT2D eigenvalue weighted by atomic mass is 9.83. The molecule has 0 aliphatic heterocycles. The Morgan fingerprint density at radius 1 is 1.32 bits per heavy atom. The molecule has 0 amide bonds. The monoisotopic (exact) mass is 261 g/mol. The minimum Gasteiger partial charge on any atom is -0.329 e. The molecule has 1 aromatic heterocycles. The van der Waals surface area contributed by atoms with Gasteiger partial charge in [-0.25, -0.2) is 0 Å². The van der Waals surface area contributed by atoms with E-state index in [1.807, 2.05) is 12.3 Å². The Bertz CT molecular complexity index is 346. The number of pyridine rings is 1. The molecule has 1 atom stereocenters. The largest absolute Gasteiger partial charge is 0.329 e. The van der Waals surface area contributed by atoms with E-state index < -0.39 is 0 Å². The summed E-state index contributed by atoms with van der Waals surface area (Å²) in [7, 11) is 0. The van der Waals surface area contributed by atoms with Gasteiger partial charge in [-0.2, -0.15) is 0 Å². The molecule has 2 N–H and O–H groups in total. The maximum atomic E-state index is 6.07. The fraction of sp³-hybridized carbons (Fsp3) is 0.688. The standard InChI is InChI=1S/C16H27N3/c1-2-19(13-15-10-6-7-11-18-15)16(12-17)14-8-4-3-5-9-14/h6-7,10-11,14,16H,2-5,8-9,12-13,17H2,1H3. The van der Waals surface area contributed by atoms with Crippen molar-refractivity contribution in [3.05, 3.63) is 30.1 Å². The van der Waals surface area contributed by atoms with Crippen molar-refractivity contribution in [1.82, 2.24) is 9.88 Å². The fourth-order valence-electron chi connectivity index (χ4n) is 3.32. The van der Waals surface area contributed by atoms with Crippen LogP contribution in [0, 0.1) is 5.92 Å². The Hall–Kier alpha value is -0.930. The first kappa shape index (κ1) is 14.5. The van der Waals surface area contributed by atoms with Crippen molar-refractivity contribution < 1.29 is 0 Å². The molecule has 1 saturated carbocycles. The zero-order valence-corrected chi connectivity index (χ0v) is 12.1. The molecule has 3 heteroatoms. The van der Waals surface area contributed by atoms with Crippen LogP contribution in [0.15, 0.2) is 24.4 Å². The van der Waals surface area contributed by atoms with Crippen LogP contribution in [-0.4, -0.2) is 29.0 Å². The summed E-state index contributed by atoms with van der Waals surface area (Å²) in [4.78, 5) is 6.96. The molecule has 1 fully saturated rings. The van der Waals surface area contributed by atoms with Gasteiger partial charge in [0.15, 0.2) is 0 Å². The Kier molecular flexibility index (Phi) is 5.80. The van der Waals surface area contributed by atoms with Crippen LogP contribution in [0.5, 0.6) is 0 Å². The third-order valence-electron chi connectivity index (χ3n) is 4.40. The maximum absolute atomic E-state index is 6.07. The quantitative estimate of drug-likeness (QED) is 0.856. The molecule has 0 saturated heterocycles. The molecule has 1 unspecified atom stereocenters.